The average Bonchev–Trinajstić information content (AvgIpc) is 2.79. The number of hydrogen-bond donors (Lipinski definition) is 0. The largest absolute Gasteiger partial charge is 0.493 e. The minimum atomic E-state index is -0.542. The maximum absolute atomic E-state index is 12.9. The van der Waals surface area contributed by atoms with E-state index in [4.69, 9.17) is 31.2 Å². The molecule has 1 aliphatic rings. The number of benzene rings is 2. The van der Waals surface area contributed by atoms with Gasteiger partial charge in [0.2, 0.25) is 5.75 Å². The third-order valence-electron chi connectivity index (χ3n) is 4.92. The summed E-state index contributed by atoms with van der Waals surface area (Å²) < 4.78 is 22.6. The molecule has 0 aromatic heterocycles. The number of carbonyl (C=O) groups excluding carboxylic acids is 1. The van der Waals surface area contributed by atoms with E-state index in [2.05, 4.69) is 20.8 Å². The van der Waals surface area contributed by atoms with Crippen LogP contribution in [0.5, 0.6) is 23.0 Å². The molecule has 3 rings (SSSR count). The SMILES string of the molecule is COc1cc(C(=O)Oc2ccc(Br)cc2C(=S)N2CCCCC2)cc(OC)c1OC. The quantitative estimate of drug-likeness (QED) is 0.323. The maximum Gasteiger partial charge on any atom is 0.343 e. The number of ether oxygens (including phenoxy) is 4. The molecular weight excluding hydrogens is 470 g/mol. The molecule has 0 saturated carbocycles. The molecule has 1 fully saturated rings. The molecule has 0 unspecified atom stereocenters. The Hall–Kier alpha value is -2.32. The van der Waals surface area contributed by atoms with Crippen LogP contribution >= 0.6 is 28.1 Å². The second-order valence-electron chi connectivity index (χ2n) is 6.80. The average molecular weight is 494 g/mol. The molecule has 0 aliphatic carbocycles. The van der Waals surface area contributed by atoms with Gasteiger partial charge < -0.3 is 23.8 Å². The van der Waals surface area contributed by atoms with Gasteiger partial charge >= 0.3 is 5.97 Å². The summed E-state index contributed by atoms with van der Waals surface area (Å²) >= 11 is 9.21. The van der Waals surface area contributed by atoms with Crippen molar-refractivity contribution in [3.05, 3.63) is 45.9 Å². The Labute approximate surface area is 190 Å². The number of carbonyl (C=O) groups is 1. The molecule has 160 valence electrons. The first-order valence-corrected chi connectivity index (χ1v) is 10.8. The van der Waals surface area contributed by atoms with Crippen molar-refractivity contribution in [1.82, 2.24) is 4.90 Å². The number of halogens is 1. The molecule has 0 radical (unpaired) electrons. The molecule has 8 heteroatoms. The van der Waals surface area contributed by atoms with Crippen LogP contribution in [0.4, 0.5) is 0 Å². The highest BCUT2D eigenvalue weighted by molar-refractivity contribution is 9.10. The van der Waals surface area contributed by atoms with Gasteiger partial charge in [0.1, 0.15) is 10.7 Å². The highest BCUT2D eigenvalue weighted by atomic mass is 79.9. The van der Waals surface area contributed by atoms with Crippen molar-refractivity contribution in [3.63, 3.8) is 0 Å². The first-order valence-electron chi connectivity index (χ1n) is 9.59. The number of rotatable bonds is 6. The zero-order chi connectivity index (χ0) is 21.7. The van der Waals surface area contributed by atoms with Crippen molar-refractivity contribution in [2.75, 3.05) is 34.4 Å². The number of hydrogen-bond acceptors (Lipinski definition) is 6. The van der Waals surface area contributed by atoms with E-state index >= 15 is 0 Å². The van der Waals surface area contributed by atoms with Gasteiger partial charge in [0.15, 0.2) is 11.5 Å². The predicted octanol–water partition coefficient (Wildman–Crippen LogP) is 4.86. The van der Waals surface area contributed by atoms with Crippen LogP contribution in [0, 0.1) is 0 Å². The predicted molar refractivity (Wildman–Crippen MR) is 122 cm³/mol. The van der Waals surface area contributed by atoms with Crippen LogP contribution in [0.1, 0.15) is 35.2 Å². The minimum absolute atomic E-state index is 0.280. The topological polar surface area (TPSA) is 57.2 Å². The normalized spacial score (nSPS) is 13.5. The third-order valence-corrected chi connectivity index (χ3v) is 5.89. The zero-order valence-corrected chi connectivity index (χ0v) is 19.6. The fourth-order valence-electron chi connectivity index (χ4n) is 3.38. The number of esters is 1. The molecule has 30 heavy (non-hydrogen) atoms. The molecule has 1 aliphatic heterocycles. The standard InChI is InChI=1S/C22H24BrNO5S/c1-26-18-11-14(12-19(27-2)20(18)28-3)22(25)29-17-8-7-15(23)13-16(17)21(30)24-9-5-4-6-10-24/h7-8,11-13H,4-6,9-10H2,1-3H3. The highest BCUT2D eigenvalue weighted by Crippen LogP contribution is 2.38. The van der Waals surface area contributed by atoms with Gasteiger partial charge in [-0.25, -0.2) is 4.79 Å². The van der Waals surface area contributed by atoms with Crippen molar-refractivity contribution in [3.8, 4) is 23.0 Å². The van der Waals surface area contributed by atoms with Crippen molar-refractivity contribution in [2.45, 2.75) is 19.3 Å². The first-order chi connectivity index (χ1) is 14.5. The molecule has 1 heterocycles. The Morgan fingerprint density at radius 2 is 1.57 bits per heavy atom. The molecule has 2 aromatic carbocycles. The molecule has 0 N–H and O–H groups in total. The van der Waals surface area contributed by atoms with Gasteiger partial charge in [-0.05, 0) is 49.6 Å². The van der Waals surface area contributed by atoms with Gasteiger partial charge in [0.05, 0.1) is 32.5 Å². The van der Waals surface area contributed by atoms with Gasteiger partial charge in [-0.1, -0.05) is 28.1 Å². The fraction of sp³-hybridized carbons (Fsp3) is 0.364. The number of methoxy groups -OCH3 is 3. The Kier molecular flexibility index (Phi) is 7.55. The minimum Gasteiger partial charge on any atom is -0.493 e. The summed E-state index contributed by atoms with van der Waals surface area (Å²) in [4.78, 5) is 15.8. The lowest BCUT2D eigenvalue weighted by atomic mass is 10.1. The Bertz CT molecular complexity index is 918. The van der Waals surface area contributed by atoms with Crippen LogP contribution in [0.25, 0.3) is 0 Å². The molecule has 0 bridgehead atoms. The van der Waals surface area contributed by atoms with Gasteiger partial charge in [0.25, 0.3) is 0 Å². The van der Waals surface area contributed by atoms with E-state index in [1.807, 2.05) is 12.1 Å². The van der Waals surface area contributed by atoms with Gasteiger partial charge in [-0.2, -0.15) is 0 Å². The van der Waals surface area contributed by atoms with Crippen LogP contribution in [-0.4, -0.2) is 50.3 Å². The summed E-state index contributed by atoms with van der Waals surface area (Å²) in [7, 11) is 4.50. The molecule has 6 nitrogen and oxygen atoms in total. The maximum atomic E-state index is 12.9. The summed E-state index contributed by atoms with van der Waals surface area (Å²) in [5.74, 6) is 1.03. The molecule has 1 saturated heterocycles. The van der Waals surface area contributed by atoms with Gasteiger partial charge in [-0.3, -0.25) is 0 Å². The summed E-state index contributed by atoms with van der Waals surface area (Å²) in [6.45, 7) is 1.82. The summed E-state index contributed by atoms with van der Waals surface area (Å²) in [6, 6.07) is 8.57. The third kappa shape index (κ3) is 4.87. The lowest BCUT2D eigenvalue weighted by molar-refractivity contribution is 0.0733. The van der Waals surface area contributed by atoms with Gasteiger partial charge in [-0.15, -0.1) is 0 Å². The number of thiocarbonyl (C=S) groups is 1. The van der Waals surface area contributed by atoms with E-state index in [0.29, 0.717) is 33.6 Å². The summed E-state index contributed by atoms with van der Waals surface area (Å²) in [5.41, 5.74) is 0.990. The van der Waals surface area contributed by atoms with Crippen LogP contribution in [0.2, 0.25) is 0 Å². The van der Waals surface area contributed by atoms with Gasteiger partial charge in [0, 0.05) is 17.6 Å². The van der Waals surface area contributed by atoms with Crippen LogP contribution in [0.15, 0.2) is 34.8 Å². The Morgan fingerprint density at radius 1 is 0.933 bits per heavy atom. The van der Waals surface area contributed by atoms with E-state index in [9.17, 15) is 4.79 Å². The summed E-state index contributed by atoms with van der Waals surface area (Å²) in [6.07, 6.45) is 3.42. The fourth-order valence-corrected chi connectivity index (χ4v) is 4.09. The van der Waals surface area contributed by atoms with Crippen LogP contribution in [-0.2, 0) is 0 Å². The van der Waals surface area contributed by atoms with E-state index < -0.39 is 5.97 Å². The van der Waals surface area contributed by atoms with E-state index in [-0.39, 0.29) is 5.56 Å². The molecule has 0 amide bonds. The zero-order valence-electron chi connectivity index (χ0n) is 17.2. The number of nitrogens with zero attached hydrogens (tertiary/aromatic N) is 1. The highest BCUT2D eigenvalue weighted by Gasteiger charge is 2.22. The van der Waals surface area contributed by atoms with Crippen molar-refractivity contribution >= 4 is 39.1 Å². The Balaban J connectivity index is 1.91. The van der Waals surface area contributed by atoms with Crippen LogP contribution < -0.4 is 18.9 Å². The summed E-state index contributed by atoms with van der Waals surface area (Å²) in [5, 5.41) is 0. The second-order valence-corrected chi connectivity index (χ2v) is 8.10. The molecule has 2 aromatic rings. The Morgan fingerprint density at radius 3 is 2.13 bits per heavy atom. The molecular formula is C22H24BrNO5S. The lowest BCUT2D eigenvalue weighted by Gasteiger charge is -2.29. The monoisotopic (exact) mass is 493 g/mol. The number of likely N-dealkylation sites (tertiary alicyclic amines) is 1. The lowest BCUT2D eigenvalue weighted by Crippen LogP contribution is -2.35. The number of piperidine rings is 1. The smallest absolute Gasteiger partial charge is 0.343 e. The van der Waals surface area contributed by atoms with Crippen LogP contribution in [0.3, 0.4) is 0 Å². The van der Waals surface area contributed by atoms with E-state index in [1.165, 1.54) is 27.8 Å². The second kappa shape index (κ2) is 10.1. The van der Waals surface area contributed by atoms with E-state index in [1.54, 1.807) is 18.2 Å². The van der Waals surface area contributed by atoms with Crippen molar-refractivity contribution in [1.29, 1.82) is 0 Å². The molecule has 0 atom stereocenters. The van der Waals surface area contributed by atoms with E-state index in [0.717, 1.165) is 30.4 Å². The molecule has 0 spiro atoms. The van der Waals surface area contributed by atoms with Crippen molar-refractivity contribution < 1.29 is 23.7 Å². The van der Waals surface area contributed by atoms with Crippen molar-refractivity contribution in [2.24, 2.45) is 0 Å². The first kappa shape index (κ1) is 22.4.